The topological polar surface area (TPSA) is 20.2 Å². The van der Waals surface area contributed by atoms with Crippen LogP contribution >= 0.6 is 27.5 Å². The zero-order chi connectivity index (χ0) is 10.0. The molecule has 1 N–H and O–H groups in total. The summed E-state index contributed by atoms with van der Waals surface area (Å²) < 4.78 is 26.0. The lowest BCUT2D eigenvalue weighted by Crippen LogP contribution is -2.04. The van der Waals surface area contributed by atoms with Gasteiger partial charge in [0.25, 0.3) is 0 Å². The summed E-state index contributed by atoms with van der Waals surface area (Å²) in [7, 11) is 0. The fraction of sp³-hybridized carbons (Fsp3) is 0.250. The zero-order valence-electron chi connectivity index (χ0n) is 6.40. The van der Waals surface area contributed by atoms with E-state index in [1.54, 1.807) is 0 Å². The number of hydrogen-bond donors (Lipinski definition) is 1. The van der Waals surface area contributed by atoms with Gasteiger partial charge in [-0.25, -0.2) is 8.78 Å². The van der Waals surface area contributed by atoms with Crippen molar-refractivity contribution in [2.24, 2.45) is 0 Å². The van der Waals surface area contributed by atoms with E-state index in [4.69, 9.17) is 11.6 Å². The molecule has 0 saturated heterocycles. The Morgan fingerprint density at radius 1 is 1.38 bits per heavy atom. The molecule has 0 aliphatic rings. The molecule has 1 aromatic rings. The van der Waals surface area contributed by atoms with Gasteiger partial charge in [-0.15, -0.1) is 11.6 Å². The monoisotopic (exact) mass is 270 g/mol. The Morgan fingerprint density at radius 3 is 2.54 bits per heavy atom. The van der Waals surface area contributed by atoms with E-state index in [1.165, 1.54) is 12.1 Å². The average Bonchev–Trinajstić information content (AvgIpc) is 2.13. The quantitative estimate of drug-likeness (QED) is 0.647. The first-order valence-corrected chi connectivity index (χ1v) is 4.78. The molecule has 5 heteroatoms. The fourth-order valence-electron chi connectivity index (χ4n) is 0.881. The second-order valence-corrected chi connectivity index (χ2v) is 3.60. The molecule has 0 saturated carbocycles. The molecule has 0 spiro atoms. The Labute approximate surface area is 87.5 Å². The minimum absolute atomic E-state index is 0.0236. The molecule has 1 nitrogen and oxygen atoms in total. The Morgan fingerprint density at radius 2 is 2.00 bits per heavy atom. The summed E-state index contributed by atoms with van der Waals surface area (Å²) in [5, 5.41) is 9.17. The molecule has 1 aromatic carbocycles. The summed E-state index contributed by atoms with van der Waals surface area (Å²) in [5.74, 6) is -2.25. The van der Waals surface area contributed by atoms with Crippen molar-refractivity contribution in [3.05, 3.63) is 33.8 Å². The van der Waals surface area contributed by atoms with E-state index in [2.05, 4.69) is 15.9 Å². The molecule has 0 aliphatic heterocycles. The first-order chi connectivity index (χ1) is 6.07. The normalized spacial score (nSPS) is 13.0. The minimum atomic E-state index is -1.18. The van der Waals surface area contributed by atoms with Crippen molar-refractivity contribution in [2.75, 3.05) is 5.88 Å². The van der Waals surface area contributed by atoms with Gasteiger partial charge in [0, 0.05) is 5.56 Å². The van der Waals surface area contributed by atoms with E-state index in [9.17, 15) is 13.9 Å². The molecule has 1 rings (SSSR count). The van der Waals surface area contributed by atoms with Gasteiger partial charge in [0.1, 0.15) is 0 Å². The summed E-state index contributed by atoms with van der Waals surface area (Å²) >= 11 is 8.12. The molecular formula is C8H6BrClF2O. The number of aliphatic hydroxyl groups is 1. The van der Waals surface area contributed by atoms with Crippen molar-refractivity contribution in [1.82, 2.24) is 0 Å². The van der Waals surface area contributed by atoms with Gasteiger partial charge in [-0.3, -0.25) is 0 Å². The molecule has 0 amide bonds. The summed E-state index contributed by atoms with van der Waals surface area (Å²) in [5.41, 5.74) is -0.129. The Balaban J connectivity index is 3.18. The molecule has 0 heterocycles. The van der Waals surface area contributed by atoms with E-state index in [0.717, 1.165) is 0 Å². The lowest BCUT2D eigenvalue weighted by Gasteiger charge is -2.09. The lowest BCUT2D eigenvalue weighted by molar-refractivity contribution is 0.196. The Kier molecular flexibility index (Phi) is 3.64. The Bertz CT molecular complexity index is 319. The minimum Gasteiger partial charge on any atom is -0.387 e. The van der Waals surface area contributed by atoms with Crippen LogP contribution < -0.4 is 0 Å². The van der Waals surface area contributed by atoms with Gasteiger partial charge < -0.3 is 5.11 Å². The molecule has 0 radical (unpaired) electrons. The molecule has 0 aliphatic carbocycles. The molecule has 0 fully saturated rings. The number of hydrogen-bond acceptors (Lipinski definition) is 1. The van der Waals surface area contributed by atoms with E-state index >= 15 is 0 Å². The third kappa shape index (κ3) is 2.18. The van der Waals surface area contributed by atoms with Gasteiger partial charge in [0.2, 0.25) is 0 Å². The third-order valence-corrected chi connectivity index (χ3v) is 2.47. The average molecular weight is 271 g/mol. The predicted molar refractivity (Wildman–Crippen MR) is 49.7 cm³/mol. The van der Waals surface area contributed by atoms with Crippen LogP contribution in [0.15, 0.2) is 16.6 Å². The predicted octanol–water partition coefficient (Wildman–Crippen LogP) is 3.00. The number of aliphatic hydroxyl groups excluding tert-OH is 1. The highest BCUT2D eigenvalue weighted by Crippen LogP contribution is 2.25. The van der Waals surface area contributed by atoms with E-state index < -0.39 is 17.7 Å². The van der Waals surface area contributed by atoms with Crippen molar-refractivity contribution in [2.45, 2.75) is 6.10 Å². The molecule has 0 bridgehead atoms. The smallest absolute Gasteiger partial charge is 0.173 e. The number of alkyl halides is 1. The molecule has 72 valence electrons. The van der Waals surface area contributed by atoms with Crippen molar-refractivity contribution in [1.29, 1.82) is 0 Å². The van der Waals surface area contributed by atoms with Gasteiger partial charge in [0.15, 0.2) is 11.6 Å². The summed E-state index contributed by atoms with van der Waals surface area (Å²) in [6.07, 6.45) is -1.18. The molecule has 0 unspecified atom stereocenters. The largest absolute Gasteiger partial charge is 0.387 e. The van der Waals surface area contributed by atoms with Crippen LogP contribution in [0.1, 0.15) is 11.7 Å². The molecule has 1 atom stereocenters. The second-order valence-electron chi connectivity index (χ2n) is 2.43. The maximum Gasteiger partial charge on any atom is 0.173 e. The van der Waals surface area contributed by atoms with Gasteiger partial charge >= 0.3 is 0 Å². The standard InChI is InChI=1S/C8H6BrClF2O/c9-5-2-1-4(6(13)3-10)7(11)8(5)12/h1-2,6,13H,3H2/t6-/m1/s1. The maximum atomic E-state index is 13.1. The maximum absolute atomic E-state index is 13.1. The van der Waals surface area contributed by atoms with Gasteiger partial charge in [-0.05, 0) is 22.0 Å². The van der Waals surface area contributed by atoms with Crippen molar-refractivity contribution in [3.8, 4) is 0 Å². The molecular weight excluding hydrogens is 265 g/mol. The molecule has 13 heavy (non-hydrogen) atoms. The highest BCUT2D eigenvalue weighted by molar-refractivity contribution is 9.10. The van der Waals surface area contributed by atoms with E-state index in [-0.39, 0.29) is 15.9 Å². The molecule has 0 aromatic heterocycles. The van der Waals surface area contributed by atoms with Gasteiger partial charge in [0.05, 0.1) is 16.5 Å². The number of benzene rings is 1. The van der Waals surface area contributed by atoms with E-state index in [0.29, 0.717) is 0 Å². The zero-order valence-corrected chi connectivity index (χ0v) is 8.74. The fourth-order valence-corrected chi connectivity index (χ4v) is 1.35. The van der Waals surface area contributed by atoms with E-state index in [1.807, 2.05) is 0 Å². The summed E-state index contributed by atoms with van der Waals surface area (Å²) in [6.45, 7) is 0. The SMILES string of the molecule is O[C@H](CCl)c1ccc(Br)c(F)c1F. The number of halogens is 4. The van der Waals surface area contributed by atoms with Crippen LogP contribution in [0.5, 0.6) is 0 Å². The van der Waals surface area contributed by atoms with Gasteiger partial charge in [-0.1, -0.05) is 6.07 Å². The van der Waals surface area contributed by atoms with Crippen molar-refractivity contribution in [3.63, 3.8) is 0 Å². The van der Waals surface area contributed by atoms with Crippen LogP contribution in [0, 0.1) is 11.6 Å². The lowest BCUT2D eigenvalue weighted by atomic mass is 10.1. The van der Waals surface area contributed by atoms with Gasteiger partial charge in [-0.2, -0.15) is 0 Å². The van der Waals surface area contributed by atoms with Crippen molar-refractivity contribution >= 4 is 27.5 Å². The first kappa shape index (κ1) is 10.9. The van der Waals surface area contributed by atoms with Crippen LogP contribution in [0.3, 0.4) is 0 Å². The second kappa shape index (κ2) is 4.35. The van der Waals surface area contributed by atoms with Crippen LogP contribution in [0.25, 0.3) is 0 Å². The van der Waals surface area contributed by atoms with Crippen molar-refractivity contribution < 1.29 is 13.9 Å². The van der Waals surface area contributed by atoms with Crippen LogP contribution in [-0.4, -0.2) is 11.0 Å². The number of rotatable bonds is 2. The van der Waals surface area contributed by atoms with Crippen LogP contribution in [0.2, 0.25) is 0 Å². The summed E-state index contributed by atoms with van der Waals surface area (Å²) in [4.78, 5) is 0. The Hall–Kier alpha value is -0.190. The third-order valence-electron chi connectivity index (χ3n) is 1.57. The highest BCUT2D eigenvalue weighted by Gasteiger charge is 2.16. The van der Waals surface area contributed by atoms with Crippen LogP contribution in [0.4, 0.5) is 8.78 Å². The first-order valence-electron chi connectivity index (χ1n) is 3.45. The highest BCUT2D eigenvalue weighted by atomic mass is 79.9. The van der Waals surface area contributed by atoms with Crippen LogP contribution in [-0.2, 0) is 0 Å². The summed E-state index contributed by atoms with van der Waals surface area (Å²) in [6, 6.07) is 2.61.